The Kier molecular flexibility index (Phi) is 2.53. The fourth-order valence-electron chi connectivity index (χ4n) is 2.15. The summed E-state index contributed by atoms with van der Waals surface area (Å²) in [5, 5.41) is 2.97. The molecular formula is C12H6Br2N2O2. The van der Waals surface area contributed by atoms with Gasteiger partial charge in [0.05, 0.1) is 22.3 Å². The van der Waals surface area contributed by atoms with Gasteiger partial charge in [-0.15, -0.1) is 0 Å². The van der Waals surface area contributed by atoms with Gasteiger partial charge in [0.25, 0.3) is 11.8 Å². The Labute approximate surface area is 119 Å². The van der Waals surface area contributed by atoms with Gasteiger partial charge in [-0.3, -0.25) is 19.9 Å². The van der Waals surface area contributed by atoms with E-state index in [-0.39, 0.29) is 11.8 Å². The molecule has 0 bridgehead atoms. The molecule has 1 N–H and O–H groups in total. The van der Waals surface area contributed by atoms with E-state index >= 15 is 0 Å². The molecule has 6 heteroatoms. The van der Waals surface area contributed by atoms with Crippen LogP contribution in [0.15, 0.2) is 21.1 Å². The van der Waals surface area contributed by atoms with Gasteiger partial charge in [-0.1, -0.05) is 15.9 Å². The quantitative estimate of drug-likeness (QED) is 0.726. The molecule has 0 atom stereocenters. The van der Waals surface area contributed by atoms with E-state index in [4.69, 9.17) is 0 Å². The van der Waals surface area contributed by atoms with Crippen LogP contribution in [0.4, 0.5) is 0 Å². The van der Waals surface area contributed by atoms with Crippen LogP contribution in [0.3, 0.4) is 0 Å². The molecule has 0 aliphatic carbocycles. The first kappa shape index (κ1) is 11.8. The zero-order valence-electron chi connectivity index (χ0n) is 9.17. The average Bonchev–Trinajstić information content (AvgIpc) is 2.57. The van der Waals surface area contributed by atoms with Gasteiger partial charge in [0.1, 0.15) is 0 Å². The maximum Gasteiger partial charge on any atom is 0.260 e. The molecule has 2 aromatic rings. The fourth-order valence-corrected chi connectivity index (χ4v) is 3.47. The van der Waals surface area contributed by atoms with Crippen LogP contribution in [0.2, 0.25) is 0 Å². The number of imide groups is 1. The van der Waals surface area contributed by atoms with E-state index in [1.54, 1.807) is 13.0 Å². The number of carbonyl (C=O) groups excluding carboxylic acids is 2. The lowest BCUT2D eigenvalue weighted by atomic mass is 10.0. The number of nitrogens with one attached hydrogen (secondary N) is 1. The molecule has 0 unspecified atom stereocenters. The van der Waals surface area contributed by atoms with Crippen molar-refractivity contribution in [3.05, 3.63) is 37.9 Å². The SMILES string of the molecule is Cc1nc2c(Br)cc(Br)cc2c2c1C(=O)NC2=O. The van der Waals surface area contributed by atoms with Gasteiger partial charge in [-0.25, -0.2) is 0 Å². The number of aromatic nitrogens is 1. The van der Waals surface area contributed by atoms with Crippen LogP contribution in [-0.2, 0) is 0 Å². The van der Waals surface area contributed by atoms with Crippen molar-refractivity contribution in [3.63, 3.8) is 0 Å². The first-order valence-corrected chi connectivity index (χ1v) is 6.72. The highest BCUT2D eigenvalue weighted by Crippen LogP contribution is 2.33. The van der Waals surface area contributed by atoms with Crippen molar-refractivity contribution in [1.29, 1.82) is 0 Å². The van der Waals surface area contributed by atoms with E-state index in [0.717, 1.165) is 8.95 Å². The highest BCUT2D eigenvalue weighted by Gasteiger charge is 2.32. The average molecular weight is 370 g/mol. The summed E-state index contributed by atoms with van der Waals surface area (Å²) in [7, 11) is 0. The predicted molar refractivity (Wildman–Crippen MR) is 73.7 cm³/mol. The first-order valence-electron chi connectivity index (χ1n) is 5.14. The second kappa shape index (κ2) is 3.86. The Hall–Kier alpha value is -1.27. The molecule has 2 amide bonds. The number of rotatable bonds is 0. The van der Waals surface area contributed by atoms with Crippen LogP contribution in [0.1, 0.15) is 26.4 Å². The molecule has 3 rings (SSSR count). The number of fused-ring (bicyclic) bond motifs is 3. The number of pyridine rings is 1. The highest BCUT2D eigenvalue weighted by atomic mass is 79.9. The van der Waals surface area contributed by atoms with Crippen molar-refractivity contribution in [1.82, 2.24) is 10.3 Å². The molecule has 0 saturated carbocycles. The Balaban J connectivity index is 2.56. The van der Waals surface area contributed by atoms with Crippen molar-refractivity contribution in [3.8, 4) is 0 Å². The van der Waals surface area contributed by atoms with Gasteiger partial charge in [-0.05, 0) is 35.0 Å². The van der Waals surface area contributed by atoms with Gasteiger partial charge in [0.15, 0.2) is 0 Å². The summed E-state index contributed by atoms with van der Waals surface area (Å²) in [6, 6.07) is 3.65. The van der Waals surface area contributed by atoms with Gasteiger partial charge in [0, 0.05) is 14.3 Å². The predicted octanol–water partition coefficient (Wildman–Crippen LogP) is 2.95. The molecule has 0 radical (unpaired) electrons. The summed E-state index contributed by atoms with van der Waals surface area (Å²) in [6.07, 6.45) is 0. The molecule has 2 heterocycles. The van der Waals surface area contributed by atoms with Crippen LogP contribution in [0, 0.1) is 6.92 Å². The molecule has 4 nitrogen and oxygen atoms in total. The van der Waals surface area contributed by atoms with Crippen molar-refractivity contribution in [2.75, 3.05) is 0 Å². The van der Waals surface area contributed by atoms with E-state index in [9.17, 15) is 9.59 Å². The summed E-state index contributed by atoms with van der Waals surface area (Å²) < 4.78 is 1.60. The fraction of sp³-hybridized carbons (Fsp3) is 0.0833. The molecule has 0 spiro atoms. The van der Waals surface area contributed by atoms with Crippen molar-refractivity contribution < 1.29 is 9.59 Å². The van der Waals surface area contributed by atoms with Crippen LogP contribution < -0.4 is 5.32 Å². The number of amides is 2. The number of carbonyl (C=O) groups is 2. The lowest BCUT2D eigenvalue weighted by Crippen LogP contribution is -2.20. The Bertz CT molecular complexity index is 741. The maximum absolute atomic E-state index is 11.9. The number of hydrogen-bond acceptors (Lipinski definition) is 3. The Morgan fingerprint density at radius 2 is 1.78 bits per heavy atom. The zero-order chi connectivity index (χ0) is 13.0. The van der Waals surface area contributed by atoms with Crippen molar-refractivity contribution >= 4 is 54.6 Å². The van der Waals surface area contributed by atoms with E-state index in [0.29, 0.717) is 27.7 Å². The number of hydrogen-bond donors (Lipinski definition) is 1. The van der Waals surface area contributed by atoms with E-state index in [2.05, 4.69) is 42.2 Å². The van der Waals surface area contributed by atoms with Gasteiger partial charge < -0.3 is 0 Å². The lowest BCUT2D eigenvalue weighted by Gasteiger charge is -2.07. The van der Waals surface area contributed by atoms with Gasteiger partial charge >= 0.3 is 0 Å². The topological polar surface area (TPSA) is 59.1 Å². The minimum atomic E-state index is -0.377. The number of halogens is 2. The summed E-state index contributed by atoms with van der Waals surface area (Å²) in [5.41, 5.74) is 2.02. The Morgan fingerprint density at radius 1 is 1.11 bits per heavy atom. The summed E-state index contributed by atoms with van der Waals surface area (Å²) in [5.74, 6) is -0.742. The monoisotopic (exact) mass is 368 g/mol. The lowest BCUT2D eigenvalue weighted by molar-refractivity contribution is 0.0880. The van der Waals surface area contributed by atoms with Crippen LogP contribution in [0.5, 0.6) is 0 Å². The minimum absolute atomic E-state index is 0.365. The molecule has 90 valence electrons. The normalized spacial score (nSPS) is 13.9. The third-order valence-corrected chi connectivity index (χ3v) is 3.93. The largest absolute Gasteiger partial charge is 0.288 e. The molecule has 1 aliphatic rings. The minimum Gasteiger partial charge on any atom is -0.288 e. The summed E-state index contributed by atoms with van der Waals surface area (Å²) >= 11 is 6.79. The highest BCUT2D eigenvalue weighted by molar-refractivity contribution is 9.11. The number of nitrogens with zero attached hydrogens (tertiary/aromatic N) is 1. The third kappa shape index (κ3) is 1.52. The number of benzene rings is 1. The molecule has 0 saturated heterocycles. The molecule has 18 heavy (non-hydrogen) atoms. The van der Waals surface area contributed by atoms with Crippen LogP contribution in [0.25, 0.3) is 10.9 Å². The Morgan fingerprint density at radius 3 is 2.50 bits per heavy atom. The van der Waals surface area contributed by atoms with E-state index < -0.39 is 0 Å². The van der Waals surface area contributed by atoms with Crippen LogP contribution >= 0.6 is 31.9 Å². The molecule has 0 fully saturated rings. The second-order valence-corrected chi connectivity index (χ2v) is 5.78. The number of aryl methyl sites for hydroxylation is 1. The molecule has 1 aromatic carbocycles. The maximum atomic E-state index is 11.9. The van der Waals surface area contributed by atoms with E-state index in [1.807, 2.05) is 6.07 Å². The molecule has 1 aliphatic heterocycles. The summed E-state index contributed by atoms with van der Waals surface area (Å²) in [6.45, 7) is 1.73. The van der Waals surface area contributed by atoms with E-state index in [1.165, 1.54) is 0 Å². The van der Waals surface area contributed by atoms with Crippen molar-refractivity contribution in [2.45, 2.75) is 6.92 Å². The van der Waals surface area contributed by atoms with Crippen molar-refractivity contribution in [2.24, 2.45) is 0 Å². The summed E-state index contributed by atoms with van der Waals surface area (Å²) in [4.78, 5) is 28.0. The smallest absolute Gasteiger partial charge is 0.260 e. The molecular weight excluding hydrogens is 364 g/mol. The zero-order valence-corrected chi connectivity index (χ0v) is 12.3. The van der Waals surface area contributed by atoms with Gasteiger partial charge in [-0.2, -0.15) is 0 Å². The standard InChI is InChI=1S/C12H6Br2N2O2/c1-4-8-9(12(18)16-11(8)17)6-2-5(13)3-7(14)10(6)15-4/h2-3H,1H3,(H,16,17,18). The molecule has 1 aromatic heterocycles. The van der Waals surface area contributed by atoms with Crippen LogP contribution in [-0.4, -0.2) is 16.8 Å². The van der Waals surface area contributed by atoms with Gasteiger partial charge in [0.2, 0.25) is 0 Å². The second-order valence-electron chi connectivity index (χ2n) is 4.01. The third-order valence-electron chi connectivity index (χ3n) is 2.87. The first-order chi connectivity index (χ1) is 8.49.